The van der Waals surface area contributed by atoms with E-state index < -0.39 is 0 Å². The fourth-order valence-electron chi connectivity index (χ4n) is 2.43. The smallest absolute Gasteiger partial charge is 0.0147 e. The third kappa shape index (κ3) is 5.62. The highest BCUT2D eigenvalue weighted by Crippen LogP contribution is 2.25. The van der Waals surface area contributed by atoms with Crippen molar-refractivity contribution in [3.05, 3.63) is 0 Å². The number of nitrogens with one attached hydrogen (secondary N) is 1. The van der Waals surface area contributed by atoms with Crippen molar-refractivity contribution in [2.45, 2.75) is 45.8 Å². The summed E-state index contributed by atoms with van der Waals surface area (Å²) in [5.41, 5.74) is 0.441. The van der Waals surface area contributed by atoms with E-state index in [2.05, 4.69) is 49.7 Å². The Hall–Kier alpha value is 0.270. The Kier molecular flexibility index (Phi) is 6.90. The van der Waals surface area contributed by atoms with Crippen molar-refractivity contribution in [1.82, 2.24) is 10.2 Å². The minimum absolute atomic E-state index is 0.441. The van der Waals surface area contributed by atoms with E-state index in [1.54, 1.807) is 0 Å². The lowest BCUT2D eigenvalue weighted by Gasteiger charge is -2.38. The van der Waals surface area contributed by atoms with Crippen LogP contribution in [0.2, 0.25) is 0 Å². The van der Waals surface area contributed by atoms with Gasteiger partial charge < -0.3 is 10.2 Å². The van der Waals surface area contributed by atoms with E-state index in [0.29, 0.717) is 5.41 Å². The van der Waals surface area contributed by atoms with Crippen molar-refractivity contribution in [2.75, 3.05) is 38.5 Å². The molecule has 1 aliphatic rings. The monoisotopic (exact) mass is 258 g/mol. The first-order valence-electron chi connectivity index (χ1n) is 7.14. The summed E-state index contributed by atoms with van der Waals surface area (Å²) < 4.78 is 0. The summed E-state index contributed by atoms with van der Waals surface area (Å²) in [5.74, 6) is 1.31. The molecule has 1 fully saturated rings. The zero-order valence-corrected chi connectivity index (χ0v) is 12.9. The molecule has 102 valence electrons. The molecule has 0 bridgehead atoms. The fourth-order valence-corrected chi connectivity index (χ4v) is 3.52. The summed E-state index contributed by atoms with van der Waals surface area (Å²) in [4.78, 5) is 2.66. The molecule has 1 saturated heterocycles. The number of hydrogen-bond acceptors (Lipinski definition) is 3. The van der Waals surface area contributed by atoms with Crippen LogP contribution in [-0.4, -0.2) is 48.6 Å². The Morgan fingerprint density at radius 2 is 2.18 bits per heavy atom. The zero-order chi connectivity index (χ0) is 12.7. The third-order valence-electron chi connectivity index (χ3n) is 3.76. The fraction of sp³-hybridized carbons (Fsp3) is 1.00. The maximum absolute atomic E-state index is 3.60. The lowest BCUT2D eigenvalue weighted by Crippen LogP contribution is -2.46. The first-order valence-corrected chi connectivity index (χ1v) is 8.19. The van der Waals surface area contributed by atoms with Crippen LogP contribution in [0.5, 0.6) is 0 Å². The van der Waals surface area contributed by atoms with Crippen LogP contribution in [-0.2, 0) is 0 Å². The highest BCUT2D eigenvalue weighted by Gasteiger charge is 2.27. The molecule has 3 heteroatoms. The van der Waals surface area contributed by atoms with Gasteiger partial charge in [-0.2, -0.15) is 11.8 Å². The molecule has 0 aromatic carbocycles. The minimum Gasteiger partial charge on any atom is -0.316 e. The molecule has 1 heterocycles. The van der Waals surface area contributed by atoms with Gasteiger partial charge in [-0.25, -0.2) is 0 Å². The normalized spacial score (nSPS) is 25.8. The van der Waals surface area contributed by atoms with Crippen molar-refractivity contribution in [2.24, 2.45) is 5.41 Å². The van der Waals surface area contributed by atoms with Crippen LogP contribution in [0, 0.1) is 5.41 Å². The number of hydrogen-bond donors (Lipinski definition) is 1. The molecule has 2 nitrogen and oxygen atoms in total. The Morgan fingerprint density at radius 1 is 1.41 bits per heavy atom. The van der Waals surface area contributed by atoms with Gasteiger partial charge in [0, 0.05) is 37.2 Å². The maximum atomic E-state index is 3.60. The van der Waals surface area contributed by atoms with Crippen molar-refractivity contribution >= 4 is 11.8 Å². The van der Waals surface area contributed by atoms with Crippen LogP contribution >= 0.6 is 11.8 Å². The summed E-state index contributed by atoms with van der Waals surface area (Å²) in [5, 5.41) is 4.41. The summed E-state index contributed by atoms with van der Waals surface area (Å²) in [6, 6.07) is 0. The molecular weight excluding hydrogens is 228 g/mol. The molecule has 0 aromatic rings. The van der Waals surface area contributed by atoms with Gasteiger partial charge >= 0.3 is 0 Å². The van der Waals surface area contributed by atoms with Crippen LogP contribution in [0.1, 0.15) is 40.5 Å². The average molecular weight is 258 g/mol. The third-order valence-corrected chi connectivity index (χ3v) is 4.90. The number of rotatable bonds is 7. The van der Waals surface area contributed by atoms with Gasteiger partial charge in [0.05, 0.1) is 0 Å². The second-order valence-electron chi connectivity index (χ2n) is 5.76. The number of thioether (sulfide) groups is 1. The second-order valence-corrected chi connectivity index (χ2v) is 7.30. The molecule has 0 aliphatic carbocycles. The molecule has 1 rings (SSSR count). The van der Waals surface area contributed by atoms with E-state index in [9.17, 15) is 0 Å². The highest BCUT2D eigenvalue weighted by atomic mass is 32.2. The molecule has 1 N–H and O–H groups in total. The van der Waals surface area contributed by atoms with Crippen LogP contribution in [0.3, 0.4) is 0 Å². The molecule has 2 unspecified atom stereocenters. The van der Waals surface area contributed by atoms with Gasteiger partial charge in [0.1, 0.15) is 0 Å². The van der Waals surface area contributed by atoms with E-state index in [1.165, 1.54) is 38.2 Å². The molecule has 0 spiro atoms. The van der Waals surface area contributed by atoms with E-state index in [1.807, 2.05) is 0 Å². The van der Waals surface area contributed by atoms with Crippen molar-refractivity contribution in [3.63, 3.8) is 0 Å². The van der Waals surface area contributed by atoms with Crippen molar-refractivity contribution in [1.29, 1.82) is 0 Å². The largest absolute Gasteiger partial charge is 0.316 e. The lowest BCUT2D eigenvalue weighted by molar-refractivity contribution is 0.160. The topological polar surface area (TPSA) is 15.3 Å². The Balaban J connectivity index is 2.37. The van der Waals surface area contributed by atoms with Crippen LogP contribution in [0.25, 0.3) is 0 Å². The predicted octanol–water partition coefficient (Wildman–Crippen LogP) is 2.84. The van der Waals surface area contributed by atoms with E-state index >= 15 is 0 Å². The molecule has 2 atom stereocenters. The standard InChI is InChI=1S/C14H30N2S/c1-5-7-15-11-14(4,6-2)12-16-8-9-17-13(3)10-16/h13,15H,5-12H2,1-4H3. The Labute approximate surface area is 112 Å². The molecule has 1 aliphatic heterocycles. The molecule has 0 amide bonds. The average Bonchev–Trinajstić information content (AvgIpc) is 2.29. The second kappa shape index (κ2) is 7.65. The van der Waals surface area contributed by atoms with Gasteiger partial charge in [-0.05, 0) is 24.8 Å². The summed E-state index contributed by atoms with van der Waals surface area (Å²) in [6.45, 7) is 15.5. The van der Waals surface area contributed by atoms with E-state index in [0.717, 1.165) is 18.3 Å². The van der Waals surface area contributed by atoms with Gasteiger partial charge in [0.25, 0.3) is 0 Å². The molecule has 17 heavy (non-hydrogen) atoms. The van der Waals surface area contributed by atoms with Gasteiger partial charge in [-0.15, -0.1) is 0 Å². The number of nitrogens with zero attached hydrogens (tertiary/aromatic N) is 1. The van der Waals surface area contributed by atoms with Crippen LogP contribution < -0.4 is 5.32 Å². The predicted molar refractivity (Wildman–Crippen MR) is 79.9 cm³/mol. The molecule has 0 saturated carbocycles. The van der Waals surface area contributed by atoms with Crippen LogP contribution in [0.4, 0.5) is 0 Å². The summed E-state index contributed by atoms with van der Waals surface area (Å²) >= 11 is 2.12. The summed E-state index contributed by atoms with van der Waals surface area (Å²) in [6.07, 6.45) is 2.50. The minimum atomic E-state index is 0.441. The maximum Gasteiger partial charge on any atom is 0.0147 e. The first kappa shape index (κ1) is 15.3. The van der Waals surface area contributed by atoms with Gasteiger partial charge in [-0.1, -0.05) is 27.7 Å². The molecular formula is C14H30N2S. The summed E-state index contributed by atoms with van der Waals surface area (Å²) in [7, 11) is 0. The van der Waals surface area contributed by atoms with Gasteiger partial charge in [0.15, 0.2) is 0 Å². The Morgan fingerprint density at radius 3 is 2.76 bits per heavy atom. The van der Waals surface area contributed by atoms with Crippen LogP contribution in [0.15, 0.2) is 0 Å². The van der Waals surface area contributed by atoms with Gasteiger partial charge in [0.2, 0.25) is 0 Å². The highest BCUT2D eigenvalue weighted by molar-refractivity contribution is 7.99. The first-order chi connectivity index (χ1) is 8.09. The van der Waals surface area contributed by atoms with Gasteiger partial charge in [-0.3, -0.25) is 0 Å². The Bertz CT molecular complexity index is 210. The SMILES string of the molecule is CCCNCC(C)(CC)CN1CCSC(C)C1. The van der Waals surface area contributed by atoms with Crippen molar-refractivity contribution < 1.29 is 0 Å². The van der Waals surface area contributed by atoms with E-state index in [4.69, 9.17) is 0 Å². The zero-order valence-electron chi connectivity index (χ0n) is 12.1. The molecule has 0 radical (unpaired) electrons. The molecule has 0 aromatic heterocycles. The quantitative estimate of drug-likeness (QED) is 0.707. The lowest BCUT2D eigenvalue weighted by atomic mass is 9.86. The van der Waals surface area contributed by atoms with Crippen molar-refractivity contribution in [3.8, 4) is 0 Å². The van der Waals surface area contributed by atoms with E-state index in [-0.39, 0.29) is 0 Å².